The quantitative estimate of drug-likeness (QED) is 0.817. The maximum Gasteiger partial charge on any atom is 0.135 e. The van der Waals surface area contributed by atoms with Gasteiger partial charge in [0.2, 0.25) is 0 Å². The number of likely N-dealkylation sites (N-methyl/N-ethyl adjacent to an activating group) is 2. The third-order valence-corrected chi connectivity index (χ3v) is 2.88. The summed E-state index contributed by atoms with van der Waals surface area (Å²) in [5.74, 6) is 3.12. The van der Waals surface area contributed by atoms with E-state index < -0.39 is 0 Å². The van der Waals surface area contributed by atoms with Crippen LogP contribution in [0.25, 0.3) is 0 Å². The summed E-state index contributed by atoms with van der Waals surface area (Å²) in [6.45, 7) is 9.15. The Bertz CT molecular complexity index is 389. The van der Waals surface area contributed by atoms with E-state index in [4.69, 9.17) is 0 Å². The minimum absolute atomic E-state index is 0.333. The van der Waals surface area contributed by atoms with E-state index in [0.717, 1.165) is 37.1 Å². The summed E-state index contributed by atoms with van der Waals surface area (Å²) >= 11 is 0. The summed E-state index contributed by atoms with van der Waals surface area (Å²) in [7, 11) is 6.24. The van der Waals surface area contributed by atoms with E-state index in [1.165, 1.54) is 0 Å². The van der Waals surface area contributed by atoms with Crippen LogP contribution in [0.3, 0.4) is 0 Å². The molecule has 5 heteroatoms. The first-order valence-electron chi connectivity index (χ1n) is 6.92. The summed E-state index contributed by atoms with van der Waals surface area (Å²) in [6.07, 6.45) is 0. The smallest absolute Gasteiger partial charge is 0.135 e. The SMILES string of the molecule is CCNc1cc(N(C)CCN(C)C)nc(C(C)C)n1. The zero-order valence-corrected chi connectivity index (χ0v) is 13.1. The highest BCUT2D eigenvalue weighted by Gasteiger charge is 2.10. The van der Waals surface area contributed by atoms with Gasteiger partial charge in [0.05, 0.1) is 0 Å². The second-order valence-corrected chi connectivity index (χ2v) is 5.38. The van der Waals surface area contributed by atoms with E-state index in [2.05, 4.69) is 67.0 Å². The molecule has 1 N–H and O–H groups in total. The van der Waals surface area contributed by atoms with Crippen LogP contribution < -0.4 is 10.2 Å². The van der Waals surface area contributed by atoms with Gasteiger partial charge in [-0.05, 0) is 21.0 Å². The molecule has 0 aliphatic heterocycles. The zero-order chi connectivity index (χ0) is 14.4. The van der Waals surface area contributed by atoms with Gasteiger partial charge in [0.25, 0.3) is 0 Å². The lowest BCUT2D eigenvalue weighted by Crippen LogP contribution is -2.29. The van der Waals surface area contributed by atoms with E-state index in [0.29, 0.717) is 5.92 Å². The molecule has 0 unspecified atom stereocenters. The van der Waals surface area contributed by atoms with Crippen molar-refractivity contribution >= 4 is 11.6 Å². The largest absolute Gasteiger partial charge is 0.370 e. The summed E-state index contributed by atoms with van der Waals surface area (Å²) in [6, 6.07) is 2.02. The van der Waals surface area contributed by atoms with E-state index in [-0.39, 0.29) is 0 Å². The van der Waals surface area contributed by atoms with Crippen molar-refractivity contribution in [2.24, 2.45) is 0 Å². The molecule has 1 aromatic heterocycles. The van der Waals surface area contributed by atoms with E-state index >= 15 is 0 Å². The molecular formula is C14H27N5. The lowest BCUT2D eigenvalue weighted by atomic mass is 10.2. The lowest BCUT2D eigenvalue weighted by molar-refractivity contribution is 0.416. The minimum atomic E-state index is 0.333. The highest BCUT2D eigenvalue weighted by Crippen LogP contribution is 2.19. The van der Waals surface area contributed by atoms with Gasteiger partial charge in [-0.1, -0.05) is 13.8 Å². The first-order chi connectivity index (χ1) is 8.93. The summed E-state index contributed by atoms with van der Waals surface area (Å²) < 4.78 is 0. The molecule has 0 atom stereocenters. The van der Waals surface area contributed by atoms with Crippen molar-refractivity contribution in [3.63, 3.8) is 0 Å². The van der Waals surface area contributed by atoms with Crippen molar-refractivity contribution in [1.82, 2.24) is 14.9 Å². The molecule has 19 heavy (non-hydrogen) atoms. The van der Waals surface area contributed by atoms with Crippen LogP contribution in [0.2, 0.25) is 0 Å². The van der Waals surface area contributed by atoms with Crippen LogP contribution in [0.15, 0.2) is 6.07 Å². The van der Waals surface area contributed by atoms with Crippen molar-refractivity contribution in [2.75, 3.05) is 51.0 Å². The molecule has 0 radical (unpaired) electrons. The Labute approximate surface area is 117 Å². The zero-order valence-electron chi connectivity index (χ0n) is 13.1. The Morgan fingerprint density at radius 3 is 2.37 bits per heavy atom. The predicted octanol–water partition coefficient (Wildman–Crippen LogP) is 2.03. The van der Waals surface area contributed by atoms with Crippen LogP contribution >= 0.6 is 0 Å². The molecule has 0 saturated heterocycles. The Kier molecular flexibility index (Phi) is 6.02. The van der Waals surface area contributed by atoms with Gasteiger partial charge >= 0.3 is 0 Å². The molecule has 0 aliphatic rings. The van der Waals surface area contributed by atoms with Gasteiger partial charge in [0, 0.05) is 38.7 Å². The molecule has 0 fully saturated rings. The van der Waals surface area contributed by atoms with Crippen LogP contribution in [0.4, 0.5) is 11.6 Å². The molecule has 5 nitrogen and oxygen atoms in total. The van der Waals surface area contributed by atoms with E-state index in [9.17, 15) is 0 Å². The molecule has 0 amide bonds. The van der Waals surface area contributed by atoms with Crippen LogP contribution in [-0.4, -0.2) is 55.6 Å². The van der Waals surface area contributed by atoms with Gasteiger partial charge < -0.3 is 15.1 Å². The maximum absolute atomic E-state index is 4.65. The molecule has 1 aromatic rings. The number of hydrogen-bond acceptors (Lipinski definition) is 5. The Hall–Kier alpha value is -1.36. The van der Waals surface area contributed by atoms with Gasteiger partial charge in [0.1, 0.15) is 17.5 Å². The van der Waals surface area contributed by atoms with Crippen molar-refractivity contribution < 1.29 is 0 Å². The van der Waals surface area contributed by atoms with E-state index in [1.54, 1.807) is 0 Å². The lowest BCUT2D eigenvalue weighted by Gasteiger charge is -2.22. The minimum Gasteiger partial charge on any atom is -0.370 e. The fourth-order valence-electron chi connectivity index (χ4n) is 1.64. The van der Waals surface area contributed by atoms with Crippen molar-refractivity contribution in [3.8, 4) is 0 Å². The molecular weight excluding hydrogens is 238 g/mol. The van der Waals surface area contributed by atoms with Crippen LogP contribution in [0.1, 0.15) is 32.5 Å². The second kappa shape index (κ2) is 7.28. The van der Waals surface area contributed by atoms with Crippen molar-refractivity contribution in [1.29, 1.82) is 0 Å². The second-order valence-electron chi connectivity index (χ2n) is 5.38. The molecule has 1 rings (SSSR count). The number of aromatic nitrogens is 2. The first-order valence-corrected chi connectivity index (χ1v) is 6.92. The topological polar surface area (TPSA) is 44.3 Å². The molecule has 1 heterocycles. The predicted molar refractivity (Wildman–Crippen MR) is 82.1 cm³/mol. The first kappa shape index (κ1) is 15.7. The fourth-order valence-corrected chi connectivity index (χ4v) is 1.64. The average Bonchev–Trinajstić information content (AvgIpc) is 2.35. The van der Waals surface area contributed by atoms with Crippen LogP contribution in [-0.2, 0) is 0 Å². The molecule has 0 bridgehead atoms. The third kappa shape index (κ3) is 5.03. The summed E-state index contributed by atoms with van der Waals surface area (Å²) in [5, 5.41) is 3.27. The number of anilines is 2. The maximum atomic E-state index is 4.65. The highest BCUT2D eigenvalue weighted by atomic mass is 15.2. The standard InChI is InChI=1S/C14H27N5/c1-7-15-12-10-13(17-14(16-12)11(2)3)19(6)9-8-18(4)5/h10-11H,7-9H2,1-6H3,(H,15,16,17). The Morgan fingerprint density at radius 2 is 1.84 bits per heavy atom. The summed E-state index contributed by atoms with van der Waals surface area (Å²) in [4.78, 5) is 13.5. The average molecular weight is 265 g/mol. The van der Waals surface area contributed by atoms with Crippen molar-refractivity contribution in [3.05, 3.63) is 11.9 Å². The van der Waals surface area contributed by atoms with E-state index in [1.807, 2.05) is 6.07 Å². The number of nitrogens with one attached hydrogen (secondary N) is 1. The van der Waals surface area contributed by atoms with Gasteiger partial charge in [-0.2, -0.15) is 0 Å². The molecule has 0 spiro atoms. The van der Waals surface area contributed by atoms with Gasteiger partial charge in [0.15, 0.2) is 0 Å². The normalized spacial score (nSPS) is 11.2. The molecule has 0 aliphatic carbocycles. The Morgan fingerprint density at radius 1 is 1.16 bits per heavy atom. The van der Waals surface area contributed by atoms with Gasteiger partial charge in [-0.15, -0.1) is 0 Å². The molecule has 0 aromatic carbocycles. The molecule has 0 saturated carbocycles. The monoisotopic (exact) mass is 265 g/mol. The third-order valence-electron chi connectivity index (χ3n) is 2.88. The van der Waals surface area contributed by atoms with Crippen molar-refractivity contribution in [2.45, 2.75) is 26.7 Å². The summed E-state index contributed by atoms with van der Waals surface area (Å²) in [5.41, 5.74) is 0. The van der Waals surface area contributed by atoms with Crippen LogP contribution in [0, 0.1) is 0 Å². The van der Waals surface area contributed by atoms with Gasteiger partial charge in [-0.3, -0.25) is 0 Å². The van der Waals surface area contributed by atoms with Crippen LogP contribution in [0.5, 0.6) is 0 Å². The molecule has 108 valence electrons. The van der Waals surface area contributed by atoms with Gasteiger partial charge in [-0.25, -0.2) is 9.97 Å². The highest BCUT2D eigenvalue weighted by molar-refractivity contribution is 5.49. The number of rotatable bonds is 7. The fraction of sp³-hybridized carbons (Fsp3) is 0.714. The number of hydrogen-bond donors (Lipinski definition) is 1. The number of nitrogens with zero attached hydrogens (tertiary/aromatic N) is 4. The Balaban J connectivity index is 2.91.